The highest BCUT2D eigenvalue weighted by atomic mass is 127. The Morgan fingerprint density at radius 2 is 1.81 bits per heavy atom. The number of nitrogens with zero attached hydrogens (tertiary/aromatic N) is 1. The zero-order chi connectivity index (χ0) is 18.2. The van der Waals surface area contributed by atoms with Gasteiger partial charge >= 0.3 is 0 Å². The Bertz CT molecular complexity index is 774. The van der Waals surface area contributed by atoms with Crippen LogP contribution in [0.15, 0.2) is 64.5 Å². The number of para-hydroxylation sites is 2. The van der Waals surface area contributed by atoms with Gasteiger partial charge in [-0.2, -0.15) is 0 Å². The van der Waals surface area contributed by atoms with Crippen LogP contribution >= 0.6 is 24.0 Å². The molecule has 6 nitrogen and oxygen atoms in total. The van der Waals surface area contributed by atoms with Crippen molar-refractivity contribution in [1.82, 2.24) is 10.6 Å². The second-order valence-corrected chi connectivity index (χ2v) is 7.31. The number of rotatable bonds is 6. The molecule has 2 N–H and O–H groups in total. The van der Waals surface area contributed by atoms with E-state index in [1.807, 2.05) is 54.6 Å². The van der Waals surface area contributed by atoms with Gasteiger partial charge in [0.15, 0.2) is 17.5 Å². The average molecular weight is 501 g/mol. The summed E-state index contributed by atoms with van der Waals surface area (Å²) in [4.78, 5) is 5.02. The maximum atomic E-state index is 12.2. The third kappa shape index (κ3) is 6.39. The van der Waals surface area contributed by atoms with Crippen LogP contribution in [0.3, 0.4) is 0 Å². The number of hydrogen-bond donors (Lipinski definition) is 2. The Morgan fingerprint density at radius 3 is 2.56 bits per heavy atom. The van der Waals surface area contributed by atoms with Crippen molar-refractivity contribution in [3.8, 4) is 11.5 Å². The fourth-order valence-electron chi connectivity index (χ4n) is 2.55. The smallest absolute Gasteiger partial charge is 0.191 e. The maximum Gasteiger partial charge on any atom is 0.191 e. The van der Waals surface area contributed by atoms with Crippen LogP contribution in [-0.4, -0.2) is 48.8 Å². The molecule has 3 rings (SSSR count). The molecule has 27 heavy (non-hydrogen) atoms. The van der Waals surface area contributed by atoms with Gasteiger partial charge in [-0.1, -0.05) is 30.3 Å². The second-order valence-electron chi connectivity index (χ2n) is 5.74. The number of fused-ring (bicyclic) bond motifs is 1. The number of hydrogen-bond acceptors (Lipinski definition) is 4. The molecule has 8 heteroatoms. The molecular formula is C19H24IN3O3S. The summed E-state index contributed by atoms with van der Waals surface area (Å²) in [6.45, 7) is 1.61. The second kappa shape index (κ2) is 11.1. The zero-order valence-corrected chi connectivity index (χ0v) is 18.2. The highest BCUT2D eigenvalue weighted by molar-refractivity contribution is 14.0. The van der Waals surface area contributed by atoms with Crippen LogP contribution in [0.4, 0.5) is 0 Å². The molecule has 0 saturated carbocycles. The molecule has 0 aromatic heterocycles. The van der Waals surface area contributed by atoms with E-state index in [0.29, 0.717) is 31.4 Å². The molecule has 2 aromatic carbocycles. The molecular weight excluding hydrogens is 477 g/mol. The lowest BCUT2D eigenvalue weighted by Crippen LogP contribution is -2.46. The van der Waals surface area contributed by atoms with Gasteiger partial charge in [-0.15, -0.1) is 24.0 Å². The molecule has 0 amide bonds. The Labute approximate surface area is 179 Å². The van der Waals surface area contributed by atoms with Gasteiger partial charge in [0.2, 0.25) is 0 Å². The van der Waals surface area contributed by atoms with E-state index in [-0.39, 0.29) is 30.1 Å². The first-order chi connectivity index (χ1) is 12.8. The summed E-state index contributed by atoms with van der Waals surface area (Å²) in [5.74, 6) is 2.69. The molecule has 0 radical (unpaired) electrons. The van der Waals surface area contributed by atoms with Gasteiger partial charge in [-0.3, -0.25) is 9.20 Å². The van der Waals surface area contributed by atoms with Gasteiger partial charge in [0, 0.05) is 24.2 Å². The van der Waals surface area contributed by atoms with Gasteiger partial charge < -0.3 is 20.1 Å². The predicted molar refractivity (Wildman–Crippen MR) is 119 cm³/mol. The summed E-state index contributed by atoms with van der Waals surface area (Å²) in [5.41, 5.74) is 0. The Kier molecular flexibility index (Phi) is 8.86. The van der Waals surface area contributed by atoms with Gasteiger partial charge in [0.1, 0.15) is 12.7 Å². The van der Waals surface area contributed by atoms with Crippen LogP contribution in [0.2, 0.25) is 0 Å². The van der Waals surface area contributed by atoms with Crippen molar-refractivity contribution < 1.29 is 13.7 Å². The maximum absolute atomic E-state index is 12.2. The Morgan fingerprint density at radius 1 is 1.11 bits per heavy atom. The van der Waals surface area contributed by atoms with E-state index >= 15 is 0 Å². The average Bonchev–Trinajstić information content (AvgIpc) is 2.71. The minimum absolute atomic E-state index is 0. The lowest BCUT2D eigenvalue weighted by Gasteiger charge is -2.27. The quantitative estimate of drug-likeness (QED) is 0.362. The first kappa shape index (κ1) is 21.5. The largest absolute Gasteiger partial charge is 0.486 e. The molecule has 0 aliphatic carbocycles. The SMILES string of the molecule is CN=C(NCCS(=O)c1ccccc1)NCC1COc2ccccc2O1.I. The first-order valence-corrected chi connectivity index (χ1v) is 9.84. The third-order valence-corrected chi connectivity index (χ3v) is 5.25. The van der Waals surface area contributed by atoms with E-state index in [0.717, 1.165) is 16.4 Å². The fourth-order valence-corrected chi connectivity index (χ4v) is 3.53. The van der Waals surface area contributed by atoms with E-state index in [9.17, 15) is 4.21 Å². The minimum Gasteiger partial charge on any atom is -0.486 e. The van der Waals surface area contributed by atoms with Crippen molar-refractivity contribution in [3.05, 3.63) is 54.6 Å². The van der Waals surface area contributed by atoms with Crippen molar-refractivity contribution in [2.75, 3.05) is 32.5 Å². The molecule has 2 aromatic rings. The van der Waals surface area contributed by atoms with Gasteiger partial charge in [0.25, 0.3) is 0 Å². The third-order valence-electron chi connectivity index (χ3n) is 3.87. The summed E-state index contributed by atoms with van der Waals surface area (Å²) in [7, 11) is 0.680. The molecule has 2 unspecified atom stereocenters. The molecule has 0 bridgehead atoms. The molecule has 1 heterocycles. The van der Waals surface area contributed by atoms with Gasteiger partial charge in [0.05, 0.1) is 17.3 Å². The van der Waals surface area contributed by atoms with Crippen LogP contribution in [0.1, 0.15) is 0 Å². The zero-order valence-electron chi connectivity index (χ0n) is 15.1. The standard InChI is InChI=1S/C19H23N3O3S.HI/c1-20-19(21-11-12-26(23)16-7-3-2-4-8-16)22-13-15-14-24-17-9-5-6-10-18(17)25-15;/h2-10,15H,11-14H2,1H3,(H2,20,21,22);1H. The summed E-state index contributed by atoms with van der Waals surface area (Å²) < 4.78 is 23.8. The van der Waals surface area contributed by atoms with Crippen molar-refractivity contribution in [3.63, 3.8) is 0 Å². The summed E-state index contributed by atoms with van der Waals surface area (Å²) in [5, 5.41) is 6.40. The number of guanidine groups is 1. The van der Waals surface area contributed by atoms with Crippen LogP contribution < -0.4 is 20.1 Å². The van der Waals surface area contributed by atoms with Crippen molar-refractivity contribution >= 4 is 40.7 Å². The van der Waals surface area contributed by atoms with E-state index in [1.54, 1.807) is 7.05 Å². The predicted octanol–water partition coefficient (Wildman–Crippen LogP) is 2.42. The molecule has 0 spiro atoms. The molecule has 1 aliphatic heterocycles. The number of ether oxygens (including phenoxy) is 2. The Hall–Kier alpha value is -1.81. The van der Waals surface area contributed by atoms with Gasteiger partial charge in [-0.25, -0.2) is 0 Å². The number of nitrogens with one attached hydrogen (secondary N) is 2. The van der Waals surface area contributed by atoms with Crippen LogP contribution in [0.25, 0.3) is 0 Å². The molecule has 0 fully saturated rings. The minimum atomic E-state index is -1.02. The van der Waals surface area contributed by atoms with Crippen molar-refractivity contribution in [1.29, 1.82) is 0 Å². The van der Waals surface area contributed by atoms with Crippen LogP contribution in [-0.2, 0) is 10.8 Å². The summed E-state index contributed by atoms with van der Waals surface area (Å²) in [6.07, 6.45) is -0.0955. The summed E-state index contributed by atoms with van der Waals surface area (Å²) >= 11 is 0. The van der Waals surface area contributed by atoms with Crippen molar-refractivity contribution in [2.24, 2.45) is 4.99 Å². The summed E-state index contributed by atoms with van der Waals surface area (Å²) in [6, 6.07) is 17.1. The number of aliphatic imine (C=N–C) groups is 1. The Balaban J connectivity index is 0.00000261. The lowest BCUT2D eigenvalue weighted by atomic mass is 10.2. The number of halogens is 1. The van der Waals surface area contributed by atoms with E-state index < -0.39 is 10.8 Å². The first-order valence-electron chi connectivity index (χ1n) is 8.52. The monoisotopic (exact) mass is 501 g/mol. The highest BCUT2D eigenvalue weighted by Gasteiger charge is 2.20. The lowest BCUT2D eigenvalue weighted by molar-refractivity contribution is 0.0936. The molecule has 0 saturated heterocycles. The topological polar surface area (TPSA) is 72.0 Å². The van der Waals surface area contributed by atoms with Crippen LogP contribution in [0.5, 0.6) is 11.5 Å². The molecule has 2 atom stereocenters. The molecule has 146 valence electrons. The van der Waals surface area contributed by atoms with Crippen molar-refractivity contribution in [2.45, 2.75) is 11.0 Å². The normalized spacial score (nSPS) is 16.8. The number of benzene rings is 2. The van der Waals surface area contributed by atoms with E-state index in [2.05, 4.69) is 15.6 Å². The fraction of sp³-hybridized carbons (Fsp3) is 0.316. The van der Waals surface area contributed by atoms with E-state index in [4.69, 9.17) is 9.47 Å². The highest BCUT2D eigenvalue weighted by Crippen LogP contribution is 2.30. The van der Waals surface area contributed by atoms with Crippen LogP contribution in [0, 0.1) is 0 Å². The van der Waals surface area contributed by atoms with E-state index in [1.165, 1.54) is 0 Å². The van der Waals surface area contributed by atoms with Gasteiger partial charge in [-0.05, 0) is 24.3 Å². The molecule has 1 aliphatic rings.